The quantitative estimate of drug-likeness (QED) is 0.790. The molecule has 0 spiro atoms. The fraction of sp³-hybridized carbons (Fsp3) is 0.737. The molecule has 9 heteroatoms. The Morgan fingerprint density at radius 1 is 1.18 bits per heavy atom. The van der Waals surface area contributed by atoms with Gasteiger partial charge in [0.1, 0.15) is 10.6 Å². The molecule has 1 aromatic heterocycles. The second-order valence-electron chi connectivity index (χ2n) is 8.66. The predicted molar refractivity (Wildman–Crippen MR) is 110 cm³/mol. The topological polar surface area (TPSA) is 88.6 Å². The number of carbonyl (C=O) groups is 1. The van der Waals surface area contributed by atoms with Crippen molar-refractivity contribution in [1.82, 2.24) is 13.8 Å². The highest BCUT2D eigenvalue weighted by Gasteiger charge is 2.43. The van der Waals surface area contributed by atoms with E-state index in [2.05, 4.69) is 6.92 Å². The highest BCUT2D eigenvalue weighted by Crippen LogP contribution is 2.37. The van der Waals surface area contributed by atoms with Gasteiger partial charge in [-0.1, -0.05) is 6.92 Å². The second-order valence-corrected chi connectivity index (χ2v) is 10.6. The van der Waals surface area contributed by atoms with Crippen molar-refractivity contribution < 1.29 is 13.2 Å². The number of hydrogen-bond donors (Lipinski definition) is 1. The van der Waals surface area contributed by atoms with Gasteiger partial charge in [0.15, 0.2) is 0 Å². The fourth-order valence-electron chi connectivity index (χ4n) is 5.04. The summed E-state index contributed by atoms with van der Waals surface area (Å²) in [6.07, 6.45) is 5.64. The van der Waals surface area contributed by atoms with Gasteiger partial charge in [-0.25, -0.2) is 8.42 Å². The Morgan fingerprint density at radius 3 is 2.61 bits per heavy atom. The van der Waals surface area contributed by atoms with E-state index in [-0.39, 0.29) is 29.3 Å². The smallest absolute Gasteiger partial charge is 0.270 e. The number of amides is 1. The summed E-state index contributed by atoms with van der Waals surface area (Å²) < 4.78 is 29.2. The SMILES string of the molecule is CC1CCCN(S(=O)(=O)c2cc(C(=O)N3CC4CCC(N)C4C3)n(C)c2)C1.Cl. The first-order chi connectivity index (χ1) is 12.8. The minimum Gasteiger partial charge on any atom is -0.345 e. The molecule has 7 nitrogen and oxygen atoms in total. The number of halogens is 1. The monoisotopic (exact) mass is 430 g/mol. The van der Waals surface area contributed by atoms with Crippen molar-refractivity contribution >= 4 is 28.3 Å². The Balaban J connectivity index is 0.00000225. The lowest BCUT2D eigenvalue weighted by atomic mass is 9.98. The third kappa shape index (κ3) is 3.72. The van der Waals surface area contributed by atoms with Crippen LogP contribution in [0.4, 0.5) is 0 Å². The average molecular weight is 431 g/mol. The molecular formula is C19H31ClN4O3S. The first-order valence-corrected chi connectivity index (χ1v) is 11.4. The molecule has 4 rings (SSSR count). The van der Waals surface area contributed by atoms with Gasteiger partial charge in [0.2, 0.25) is 10.0 Å². The maximum Gasteiger partial charge on any atom is 0.270 e. The first kappa shape index (κ1) is 21.6. The van der Waals surface area contributed by atoms with Crippen LogP contribution >= 0.6 is 12.4 Å². The van der Waals surface area contributed by atoms with E-state index in [9.17, 15) is 13.2 Å². The zero-order chi connectivity index (χ0) is 19.3. The summed E-state index contributed by atoms with van der Waals surface area (Å²) in [6, 6.07) is 1.73. The highest BCUT2D eigenvalue weighted by atomic mass is 35.5. The Morgan fingerprint density at radius 2 is 1.93 bits per heavy atom. The van der Waals surface area contributed by atoms with E-state index in [4.69, 9.17) is 5.73 Å². The molecule has 2 aliphatic heterocycles. The summed E-state index contributed by atoms with van der Waals surface area (Å²) in [5.74, 6) is 1.15. The van der Waals surface area contributed by atoms with Crippen LogP contribution in [0.2, 0.25) is 0 Å². The van der Waals surface area contributed by atoms with Gasteiger partial charge in [-0.2, -0.15) is 4.31 Å². The van der Waals surface area contributed by atoms with E-state index in [0.717, 1.165) is 32.2 Å². The summed E-state index contributed by atoms with van der Waals surface area (Å²) in [5.41, 5.74) is 6.62. The molecule has 3 aliphatic rings. The van der Waals surface area contributed by atoms with Gasteiger partial charge < -0.3 is 15.2 Å². The van der Waals surface area contributed by atoms with Crippen LogP contribution < -0.4 is 5.73 Å². The molecule has 0 aromatic carbocycles. The maximum absolute atomic E-state index is 13.0. The molecule has 4 atom stereocenters. The average Bonchev–Trinajstić information content (AvgIpc) is 3.31. The van der Waals surface area contributed by atoms with Crippen LogP contribution in [0.25, 0.3) is 0 Å². The number of piperidine rings is 1. The molecule has 3 heterocycles. The molecule has 0 bridgehead atoms. The maximum atomic E-state index is 13.0. The van der Waals surface area contributed by atoms with E-state index >= 15 is 0 Å². The van der Waals surface area contributed by atoms with Crippen LogP contribution in [-0.2, 0) is 17.1 Å². The summed E-state index contributed by atoms with van der Waals surface area (Å²) in [4.78, 5) is 15.1. The van der Waals surface area contributed by atoms with Crippen molar-refractivity contribution in [1.29, 1.82) is 0 Å². The Hall–Kier alpha value is -1.09. The molecule has 1 saturated carbocycles. The van der Waals surface area contributed by atoms with Crippen molar-refractivity contribution in [2.75, 3.05) is 26.2 Å². The minimum atomic E-state index is -3.56. The van der Waals surface area contributed by atoms with Crippen LogP contribution in [0.15, 0.2) is 17.2 Å². The van der Waals surface area contributed by atoms with Gasteiger partial charge in [-0.3, -0.25) is 4.79 Å². The fourth-order valence-corrected chi connectivity index (χ4v) is 6.71. The lowest BCUT2D eigenvalue weighted by Crippen LogP contribution is -2.38. The second kappa shape index (κ2) is 7.97. The standard InChI is InChI=1S/C19H30N4O3S.ClH/c1-13-4-3-7-23(9-13)27(25,26)15-8-18(21(2)11-15)19(24)22-10-14-5-6-17(20)16(14)12-22;/h8,11,13-14,16-17H,3-7,9-10,12,20H2,1-2H3;1H. The van der Waals surface area contributed by atoms with E-state index < -0.39 is 10.0 Å². The summed E-state index contributed by atoms with van der Waals surface area (Å²) in [7, 11) is -1.81. The lowest BCUT2D eigenvalue weighted by molar-refractivity contribution is 0.0770. The summed E-state index contributed by atoms with van der Waals surface area (Å²) in [5, 5.41) is 0. The zero-order valence-electron chi connectivity index (χ0n) is 16.6. The number of carbonyl (C=O) groups excluding carboxylic acids is 1. The number of nitrogens with zero attached hydrogens (tertiary/aromatic N) is 3. The molecule has 1 amide bonds. The van der Waals surface area contributed by atoms with Crippen LogP contribution in [0, 0.1) is 17.8 Å². The van der Waals surface area contributed by atoms with Gasteiger partial charge in [0, 0.05) is 45.5 Å². The highest BCUT2D eigenvalue weighted by molar-refractivity contribution is 7.89. The third-order valence-electron chi connectivity index (χ3n) is 6.66. The van der Waals surface area contributed by atoms with Gasteiger partial charge in [0.05, 0.1) is 0 Å². The number of likely N-dealkylation sites (tertiary alicyclic amines) is 1. The van der Waals surface area contributed by atoms with Crippen LogP contribution in [0.3, 0.4) is 0 Å². The predicted octanol–water partition coefficient (Wildman–Crippen LogP) is 1.68. The van der Waals surface area contributed by atoms with Crippen molar-refractivity contribution in [3.63, 3.8) is 0 Å². The molecule has 2 saturated heterocycles. The van der Waals surface area contributed by atoms with Crippen molar-refractivity contribution in [2.24, 2.45) is 30.5 Å². The number of sulfonamides is 1. The van der Waals surface area contributed by atoms with Crippen molar-refractivity contribution in [2.45, 2.75) is 43.5 Å². The molecule has 1 aliphatic carbocycles. The van der Waals surface area contributed by atoms with Gasteiger partial charge in [0.25, 0.3) is 5.91 Å². The number of fused-ring (bicyclic) bond motifs is 1. The minimum absolute atomic E-state index is 0. The molecule has 28 heavy (non-hydrogen) atoms. The zero-order valence-corrected chi connectivity index (χ0v) is 18.2. The van der Waals surface area contributed by atoms with Crippen LogP contribution in [0.5, 0.6) is 0 Å². The van der Waals surface area contributed by atoms with Crippen molar-refractivity contribution in [3.8, 4) is 0 Å². The number of aryl methyl sites for hydroxylation is 1. The van der Waals surface area contributed by atoms with Crippen molar-refractivity contribution in [3.05, 3.63) is 18.0 Å². The Labute approximate surface area is 173 Å². The van der Waals surface area contributed by atoms with Crippen LogP contribution in [-0.4, -0.2) is 60.3 Å². The van der Waals surface area contributed by atoms with Gasteiger partial charge >= 0.3 is 0 Å². The van der Waals surface area contributed by atoms with E-state index in [1.54, 1.807) is 28.2 Å². The summed E-state index contributed by atoms with van der Waals surface area (Å²) >= 11 is 0. The van der Waals surface area contributed by atoms with E-state index in [1.807, 2.05) is 4.90 Å². The largest absolute Gasteiger partial charge is 0.345 e. The van der Waals surface area contributed by atoms with Crippen LogP contribution in [0.1, 0.15) is 43.1 Å². The lowest BCUT2D eigenvalue weighted by Gasteiger charge is -2.29. The third-order valence-corrected chi connectivity index (χ3v) is 8.49. The molecular weight excluding hydrogens is 400 g/mol. The molecule has 1 aromatic rings. The number of aromatic nitrogens is 1. The van der Waals surface area contributed by atoms with Gasteiger partial charge in [-0.15, -0.1) is 12.4 Å². The van der Waals surface area contributed by atoms with E-state index in [1.165, 1.54) is 0 Å². The molecule has 2 N–H and O–H groups in total. The molecule has 4 unspecified atom stereocenters. The van der Waals surface area contributed by atoms with Gasteiger partial charge in [-0.05, 0) is 49.5 Å². The molecule has 3 fully saturated rings. The summed E-state index contributed by atoms with van der Waals surface area (Å²) in [6.45, 7) is 4.60. The Bertz CT molecular complexity index is 840. The number of hydrogen-bond acceptors (Lipinski definition) is 4. The number of nitrogens with two attached hydrogens (primary N) is 1. The molecule has 0 radical (unpaired) electrons. The normalized spacial score (nSPS) is 30.9. The molecule has 158 valence electrons. The number of rotatable bonds is 3. The first-order valence-electron chi connectivity index (χ1n) is 9.98. The van der Waals surface area contributed by atoms with E-state index in [0.29, 0.717) is 43.1 Å². The Kier molecular flexibility index (Phi) is 6.15.